The maximum Gasteiger partial charge on any atom is 0.167 e. The number of hydrogen-bond donors (Lipinski definition) is 0. The van der Waals surface area contributed by atoms with Gasteiger partial charge in [0.15, 0.2) is 5.78 Å². The Morgan fingerprint density at radius 2 is 1.86 bits per heavy atom. The van der Waals surface area contributed by atoms with E-state index in [1.54, 1.807) is 0 Å². The van der Waals surface area contributed by atoms with Gasteiger partial charge in [0.1, 0.15) is 5.75 Å². The second kappa shape index (κ2) is 6.90. The Kier molecular flexibility index (Phi) is 5.18. The summed E-state index contributed by atoms with van der Waals surface area (Å²) in [4.78, 5) is 12.4. The molecule has 3 heteroatoms. The Bertz CT molecular complexity index is 662. The molecular formula is C18H19BrO2. The van der Waals surface area contributed by atoms with Crippen LogP contribution in [0.5, 0.6) is 5.75 Å². The number of Topliss-reactive ketones (excluding diaryl/α,β-unsaturated/α-hetero) is 1. The molecule has 2 nitrogen and oxygen atoms in total. The number of benzene rings is 2. The molecule has 0 saturated heterocycles. The molecule has 0 aliphatic carbocycles. The minimum absolute atomic E-state index is 0.113. The zero-order valence-corrected chi connectivity index (χ0v) is 14.2. The van der Waals surface area contributed by atoms with E-state index in [1.807, 2.05) is 31.2 Å². The van der Waals surface area contributed by atoms with Crippen LogP contribution < -0.4 is 4.74 Å². The van der Waals surface area contributed by atoms with Crippen LogP contribution in [0.2, 0.25) is 0 Å². The molecule has 0 N–H and O–H groups in total. The molecule has 0 heterocycles. The molecule has 0 aliphatic rings. The molecule has 0 aromatic heterocycles. The molecule has 110 valence electrons. The van der Waals surface area contributed by atoms with Gasteiger partial charge in [-0.15, -0.1) is 0 Å². The van der Waals surface area contributed by atoms with Gasteiger partial charge in [-0.05, 0) is 71.6 Å². The van der Waals surface area contributed by atoms with E-state index in [1.165, 1.54) is 11.1 Å². The van der Waals surface area contributed by atoms with E-state index in [2.05, 4.69) is 41.9 Å². The number of carbonyl (C=O) groups excluding carboxylic acids is 1. The first kappa shape index (κ1) is 15.8. The van der Waals surface area contributed by atoms with Crippen molar-refractivity contribution in [2.75, 3.05) is 6.61 Å². The molecule has 0 radical (unpaired) electrons. The topological polar surface area (TPSA) is 26.3 Å². The van der Waals surface area contributed by atoms with Crippen molar-refractivity contribution in [2.45, 2.75) is 27.2 Å². The predicted octanol–water partition coefficient (Wildman–Crippen LogP) is 4.89. The second-order valence-corrected chi connectivity index (χ2v) is 5.95. The number of aryl methyl sites for hydroxylation is 2. The highest BCUT2D eigenvalue weighted by Gasteiger charge is 2.10. The van der Waals surface area contributed by atoms with Gasteiger partial charge in [0.25, 0.3) is 0 Å². The van der Waals surface area contributed by atoms with Crippen LogP contribution in [0.4, 0.5) is 0 Å². The van der Waals surface area contributed by atoms with Crippen LogP contribution in [0.3, 0.4) is 0 Å². The van der Waals surface area contributed by atoms with Gasteiger partial charge in [0.05, 0.1) is 11.1 Å². The highest BCUT2D eigenvalue weighted by atomic mass is 79.9. The molecule has 0 unspecified atom stereocenters. The molecule has 2 aromatic carbocycles. The molecule has 2 rings (SSSR count). The van der Waals surface area contributed by atoms with Crippen molar-refractivity contribution in [3.05, 3.63) is 63.1 Å². The maximum atomic E-state index is 12.4. The average Bonchev–Trinajstić information content (AvgIpc) is 2.45. The van der Waals surface area contributed by atoms with Crippen molar-refractivity contribution >= 4 is 21.7 Å². The van der Waals surface area contributed by atoms with Crippen molar-refractivity contribution in [3.63, 3.8) is 0 Å². The van der Waals surface area contributed by atoms with Crippen molar-refractivity contribution in [3.8, 4) is 5.75 Å². The Hall–Kier alpha value is -1.61. The third-order valence-corrected chi connectivity index (χ3v) is 4.11. The first-order valence-corrected chi connectivity index (χ1v) is 7.82. The van der Waals surface area contributed by atoms with Crippen LogP contribution in [-0.2, 0) is 6.42 Å². The molecular weight excluding hydrogens is 328 g/mol. The SMILES string of the molecule is CCOc1ccc(C(=O)Cc2ccc(C)c(C)c2)cc1Br. The first-order chi connectivity index (χ1) is 10.0. The first-order valence-electron chi connectivity index (χ1n) is 7.03. The van der Waals surface area contributed by atoms with Gasteiger partial charge in [-0.2, -0.15) is 0 Å². The summed E-state index contributed by atoms with van der Waals surface area (Å²) in [6.45, 7) is 6.68. The van der Waals surface area contributed by atoms with Crippen molar-refractivity contribution < 1.29 is 9.53 Å². The van der Waals surface area contributed by atoms with Gasteiger partial charge >= 0.3 is 0 Å². The number of ether oxygens (including phenoxy) is 1. The second-order valence-electron chi connectivity index (χ2n) is 5.10. The third-order valence-electron chi connectivity index (χ3n) is 3.49. The van der Waals surface area contributed by atoms with Crippen LogP contribution in [0, 0.1) is 13.8 Å². The van der Waals surface area contributed by atoms with Crippen molar-refractivity contribution in [2.24, 2.45) is 0 Å². The molecule has 0 amide bonds. The summed E-state index contributed by atoms with van der Waals surface area (Å²) in [5, 5.41) is 0. The molecule has 0 fully saturated rings. The fraction of sp³-hybridized carbons (Fsp3) is 0.278. The lowest BCUT2D eigenvalue weighted by Gasteiger charge is -2.08. The monoisotopic (exact) mass is 346 g/mol. The number of rotatable bonds is 5. The zero-order chi connectivity index (χ0) is 15.4. The van der Waals surface area contributed by atoms with E-state index in [-0.39, 0.29) is 5.78 Å². The van der Waals surface area contributed by atoms with Gasteiger partial charge in [-0.25, -0.2) is 0 Å². The Balaban J connectivity index is 2.16. The fourth-order valence-electron chi connectivity index (χ4n) is 2.15. The summed E-state index contributed by atoms with van der Waals surface area (Å²) in [6, 6.07) is 11.6. The molecule has 2 aromatic rings. The summed E-state index contributed by atoms with van der Waals surface area (Å²) in [6.07, 6.45) is 0.418. The maximum absolute atomic E-state index is 12.4. The highest BCUT2D eigenvalue weighted by Crippen LogP contribution is 2.26. The molecule has 0 saturated carbocycles. The van der Waals surface area contributed by atoms with E-state index in [4.69, 9.17) is 4.74 Å². The standard InChI is InChI=1S/C18H19BrO2/c1-4-21-18-8-7-15(11-16(18)19)17(20)10-14-6-5-12(2)13(3)9-14/h5-9,11H,4,10H2,1-3H3. The lowest BCUT2D eigenvalue weighted by molar-refractivity contribution is 0.0993. The third kappa shape index (κ3) is 3.94. The lowest BCUT2D eigenvalue weighted by atomic mass is 9.99. The van der Waals surface area contributed by atoms with Crippen LogP contribution in [0.1, 0.15) is 34.0 Å². The quantitative estimate of drug-likeness (QED) is 0.720. The molecule has 0 aliphatic heterocycles. The largest absolute Gasteiger partial charge is 0.493 e. The van der Waals surface area contributed by atoms with Gasteiger partial charge in [-0.1, -0.05) is 18.2 Å². The average molecular weight is 347 g/mol. The Labute approximate surface area is 134 Å². The van der Waals surface area contributed by atoms with Gasteiger partial charge in [0.2, 0.25) is 0 Å². The van der Waals surface area contributed by atoms with Crippen LogP contribution >= 0.6 is 15.9 Å². The van der Waals surface area contributed by atoms with Gasteiger partial charge in [-0.3, -0.25) is 4.79 Å². The number of carbonyl (C=O) groups is 1. The van der Waals surface area contributed by atoms with E-state index in [9.17, 15) is 4.79 Å². The highest BCUT2D eigenvalue weighted by molar-refractivity contribution is 9.10. The van der Waals surface area contributed by atoms with Gasteiger partial charge in [0, 0.05) is 12.0 Å². The predicted molar refractivity (Wildman–Crippen MR) is 89.3 cm³/mol. The summed E-state index contributed by atoms with van der Waals surface area (Å²) < 4.78 is 6.28. The molecule has 21 heavy (non-hydrogen) atoms. The smallest absolute Gasteiger partial charge is 0.167 e. The number of ketones is 1. The van der Waals surface area contributed by atoms with Gasteiger partial charge < -0.3 is 4.74 Å². The Morgan fingerprint density at radius 3 is 2.48 bits per heavy atom. The number of halogens is 1. The van der Waals surface area contributed by atoms with Crippen LogP contribution in [-0.4, -0.2) is 12.4 Å². The normalized spacial score (nSPS) is 10.5. The Morgan fingerprint density at radius 1 is 1.10 bits per heavy atom. The fourth-order valence-corrected chi connectivity index (χ4v) is 2.64. The van der Waals surface area contributed by atoms with Crippen molar-refractivity contribution in [1.82, 2.24) is 0 Å². The lowest BCUT2D eigenvalue weighted by Crippen LogP contribution is -2.04. The summed E-state index contributed by atoms with van der Waals surface area (Å²) in [5.74, 6) is 0.877. The van der Waals surface area contributed by atoms with Crippen LogP contribution in [0.25, 0.3) is 0 Å². The summed E-state index contributed by atoms with van der Waals surface area (Å²) >= 11 is 3.45. The molecule has 0 bridgehead atoms. The number of hydrogen-bond acceptors (Lipinski definition) is 2. The molecule has 0 atom stereocenters. The van der Waals surface area contributed by atoms with Crippen LogP contribution in [0.15, 0.2) is 40.9 Å². The van der Waals surface area contributed by atoms with E-state index in [0.29, 0.717) is 18.6 Å². The molecule has 0 spiro atoms. The summed E-state index contributed by atoms with van der Waals surface area (Å²) in [5.41, 5.74) is 4.21. The van der Waals surface area contributed by atoms with E-state index < -0.39 is 0 Å². The van der Waals surface area contributed by atoms with E-state index >= 15 is 0 Å². The minimum Gasteiger partial charge on any atom is -0.493 e. The van der Waals surface area contributed by atoms with Crippen molar-refractivity contribution in [1.29, 1.82) is 0 Å². The summed E-state index contributed by atoms with van der Waals surface area (Å²) in [7, 11) is 0. The zero-order valence-electron chi connectivity index (χ0n) is 12.6. The minimum atomic E-state index is 0.113. The van der Waals surface area contributed by atoms with E-state index in [0.717, 1.165) is 15.8 Å².